The van der Waals surface area contributed by atoms with Gasteiger partial charge in [0, 0.05) is 51.3 Å². The maximum atomic E-state index is 2.48. The van der Waals surface area contributed by atoms with Gasteiger partial charge in [0.25, 0.3) is 0 Å². The molecular weight excluding hydrogens is 689 g/mol. The van der Waals surface area contributed by atoms with Crippen LogP contribution in [0, 0.1) is 0 Å². The van der Waals surface area contributed by atoms with Crippen LogP contribution in [-0.2, 0) is 0 Å². The van der Waals surface area contributed by atoms with E-state index in [1.165, 1.54) is 117 Å². The van der Waals surface area contributed by atoms with Crippen molar-refractivity contribution in [2.24, 2.45) is 0 Å². The second kappa shape index (κ2) is 11.6. The van der Waals surface area contributed by atoms with Crippen LogP contribution < -0.4 is 0 Å². The van der Waals surface area contributed by atoms with Crippen molar-refractivity contribution in [1.82, 2.24) is 0 Å². The maximum absolute atomic E-state index is 2.48. The molecule has 12 aromatic rings. The lowest BCUT2D eigenvalue weighted by Crippen LogP contribution is -1.91. The Morgan fingerprint density at radius 3 is 1.46 bits per heavy atom. The van der Waals surface area contributed by atoms with Crippen molar-refractivity contribution in [1.29, 1.82) is 0 Å². The van der Waals surface area contributed by atoms with E-state index in [9.17, 15) is 0 Å². The zero-order valence-electron chi connectivity index (χ0n) is 29.1. The van der Waals surface area contributed by atoms with E-state index < -0.39 is 0 Å². The van der Waals surface area contributed by atoms with E-state index in [1.54, 1.807) is 0 Å². The third kappa shape index (κ3) is 4.36. The molecule has 0 fully saturated rings. The fourth-order valence-corrected chi connectivity index (χ4v) is 11.5. The Hall–Kier alpha value is -6.32. The molecule has 0 amide bonds. The van der Waals surface area contributed by atoms with Crippen LogP contribution in [0.3, 0.4) is 0 Å². The van der Waals surface area contributed by atoms with Crippen LogP contribution in [0.5, 0.6) is 0 Å². The van der Waals surface area contributed by atoms with Gasteiger partial charge in [-0.15, -0.1) is 22.7 Å². The van der Waals surface area contributed by atoms with Crippen molar-refractivity contribution >= 4 is 106 Å². The number of thiophene rings is 2. The van der Waals surface area contributed by atoms with Crippen molar-refractivity contribution in [2.45, 2.75) is 0 Å². The highest BCUT2D eigenvalue weighted by molar-refractivity contribution is 7.27. The van der Waals surface area contributed by atoms with Gasteiger partial charge in [0.05, 0.1) is 0 Å². The number of fused-ring (bicyclic) bond motifs is 12. The van der Waals surface area contributed by atoms with Crippen LogP contribution in [0.2, 0.25) is 0 Å². The number of rotatable bonds is 3. The number of hydrogen-bond donors (Lipinski definition) is 0. The predicted octanol–water partition coefficient (Wildman–Crippen LogP) is 16.0. The molecule has 0 atom stereocenters. The molecular formula is C52H30S2. The van der Waals surface area contributed by atoms with E-state index in [2.05, 4.69) is 182 Å². The number of hydrogen-bond acceptors (Lipinski definition) is 2. The molecule has 12 rings (SSSR count). The van der Waals surface area contributed by atoms with Gasteiger partial charge in [-0.05, 0) is 95.9 Å². The van der Waals surface area contributed by atoms with E-state index in [0.29, 0.717) is 0 Å². The first-order valence-electron chi connectivity index (χ1n) is 18.5. The van der Waals surface area contributed by atoms with Crippen LogP contribution in [0.4, 0.5) is 0 Å². The first kappa shape index (κ1) is 30.2. The fraction of sp³-hybridized carbons (Fsp3) is 0. The van der Waals surface area contributed by atoms with Crippen LogP contribution in [0.25, 0.3) is 117 Å². The fourth-order valence-electron chi connectivity index (χ4n) is 9.02. The van der Waals surface area contributed by atoms with Gasteiger partial charge in [0.15, 0.2) is 0 Å². The zero-order valence-corrected chi connectivity index (χ0v) is 30.8. The van der Waals surface area contributed by atoms with Crippen molar-refractivity contribution in [3.63, 3.8) is 0 Å². The molecule has 2 aromatic heterocycles. The molecule has 0 aliphatic rings. The van der Waals surface area contributed by atoms with Crippen LogP contribution >= 0.6 is 22.7 Å². The normalized spacial score (nSPS) is 12.1. The van der Waals surface area contributed by atoms with E-state index in [1.807, 2.05) is 22.7 Å². The minimum atomic E-state index is 1.24. The van der Waals surface area contributed by atoms with Gasteiger partial charge in [-0.25, -0.2) is 0 Å². The summed E-state index contributed by atoms with van der Waals surface area (Å²) >= 11 is 3.84. The minimum absolute atomic E-state index is 1.24. The highest BCUT2D eigenvalue weighted by Gasteiger charge is 2.19. The van der Waals surface area contributed by atoms with Crippen molar-refractivity contribution in [2.75, 3.05) is 0 Å². The van der Waals surface area contributed by atoms with Gasteiger partial charge < -0.3 is 0 Å². The topological polar surface area (TPSA) is 0 Å². The summed E-state index contributed by atoms with van der Waals surface area (Å²) < 4.78 is 5.40. The molecule has 0 aliphatic carbocycles. The Morgan fingerprint density at radius 2 is 0.778 bits per heavy atom. The Bertz CT molecular complexity index is 3430. The largest absolute Gasteiger partial charge is 0.135 e. The summed E-state index contributed by atoms with van der Waals surface area (Å²) in [6, 6.07) is 67.7. The van der Waals surface area contributed by atoms with Crippen molar-refractivity contribution in [3.05, 3.63) is 182 Å². The highest BCUT2D eigenvalue weighted by Crippen LogP contribution is 2.49. The molecule has 0 N–H and O–H groups in total. The summed E-state index contributed by atoms with van der Waals surface area (Å²) in [7, 11) is 0. The monoisotopic (exact) mass is 718 g/mol. The van der Waals surface area contributed by atoms with Gasteiger partial charge >= 0.3 is 0 Å². The molecule has 0 aliphatic heterocycles. The lowest BCUT2D eigenvalue weighted by atomic mass is 9.85. The SMILES string of the molecule is c1ccc(-c2c3ccccc3c(-c3ccc4cc(-c5cc6c(ccc7c8ccccc8sc76)c6c5sc5ccccc56)ccc4c3)c3ccccc23)cc1. The molecule has 0 radical (unpaired) electrons. The summed E-state index contributed by atoms with van der Waals surface area (Å²) in [5.41, 5.74) is 7.65. The van der Waals surface area contributed by atoms with Crippen molar-refractivity contribution in [3.8, 4) is 33.4 Å². The molecule has 2 heterocycles. The maximum Gasteiger partial charge on any atom is 0.0440 e. The molecule has 0 saturated carbocycles. The van der Waals surface area contributed by atoms with E-state index >= 15 is 0 Å². The van der Waals surface area contributed by atoms with Crippen LogP contribution in [-0.4, -0.2) is 0 Å². The summed E-state index contributed by atoms with van der Waals surface area (Å²) in [5.74, 6) is 0. The van der Waals surface area contributed by atoms with Gasteiger partial charge in [0.1, 0.15) is 0 Å². The Labute approximate surface area is 319 Å². The predicted molar refractivity (Wildman–Crippen MR) is 239 cm³/mol. The zero-order chi connectivity index (χ0) is 35.3. The summed E-state index contributed by atoms with van der Waals surface area (Å²) in [6.45, 7) is 0. The molecule has 2 heteroatoms. The first-order valence-corrected chi connectivity index (χ1v) is 20.1. The molecule has 0 bridgehead atoms. The van der Waals surface area contributed by atoms with Crippen molar-refractivity contribution < 1.29 is 0 Å². The third-order valence-electron chi connectivity index (χ3n) is 11.4. The quantitative estimate of drug-likeness (QED) is 0.160. The Kier molecular flexibility index (Phi) is 6.48. The smallest absolute Gasteiger partial charge is 0.0440 e. The highest BCUT2D eigenvalue weighted by atomic mass is 32.1. The lowest BCUT2D eigenvalue weighted by Gasteiger charge is -2.18. The van der Waals surface area contributed by atoms with Crippen LogP contribution in [0.15, 0.2) is 182 Å². The first-order chi connectivity index (χ1) is 26.8. The Morgan fingerprint density at radius 1 is 0.278 bits per heavy atom. The molecule has 10 aromatic carbocycles. The second-order valence-electron chi connectivity index (χ2n) is 14.3. The van der Waals surface area contributed by atoms with E-state index in [0.717, 1.165) is 0 Å². The summed E-state index contributed by atoms with van der Waals surface area (Å²) in [4.78, 5) is 0. The van der Waals surface area contributed by atoms with Gasteiger partial charge in [0.2, 0.25) is 0 Å². The molecule has 0 saturated heterocycles. The minimum Gasteiger partial charge on any atom is -0.135 e. The second-order valence-corrected chi connectivity index (χ2v) is 16.5. The number of benzene rings is 10. The van der Waals surface area contributed by atoms with Gasteiger partial charge in [-0.2, -0.15) is 0 Å². The summed E-state index contributed by atoms with van der Waals surface area (Å²) in [5, 5.41) is 15.7. The molecule has 0 nitrogen and oxygen atoms in total. The van der Waals surface area contributed by atoms with E-state index in [-0.39, 0.29) is 0 Å². The Balaban J connectivity index is 1.08. The molecule has 0 spiro atoms. The third-order valence-corrected chi connectivity index (χ3v) is 13.8. The lowest BCUT2D eigenvalue weighted by molar-refractivity contribution is 1.66. The molecule has 250 valence electrons. The average molecular weight is 719 g/mol. The standard InChI is InChI=1S/C52H30S2/c1-2-12-31(13-3-1)48-37-15-4-6-17-39(37)49(40-18-7-5-16-38(40)48)35-25-23-32-28-34(24-22-33(32)29-35)44-30-45-41(50-43-19-9-11-21-47(43)54-52(44)50)26-27-42-36-14-8-10-20-46(36)53-51(42)45/h1-30H. The summed E-state index contributed by atoms with van der Waals surface area (Å²) in [6.07, 6.45) is 0. The van der Waals surface area contributed by atoms with Gasteiger partial charge in [-0.3, -0.25) is 0 Å². The van der Waals surface area contributed by atoms with Gasteiger partial charge in [-0.1, -0.05) is 152 Å². The average Bonchev–Trinajstić information content (AvgIpc) is 3.82. The van der Waals surface area contributed by atoms with E-state index in [4.69, 9.17) is 0 Å². The van der Waals surface area contributed by atoms with Crippen LogP contribution in [0.1, 0.15) is 0 Å². The molecule has 0 unspecified atom stereocenters. The molecule has 54 heavy (non-hydrogen) atoms.